The van der Waals surface area contributed by atoms with Gasteiger partial charge in [-0.1, -0.05) is 11.3 Å². The zero-order chi connectivity index (χ0) is 15.7. The van der Waals surface area contributed by atoms with E-state index in [1.165, 1.54) is 11.3 Å². The minimum atomic E-state index is -0.731. The van der Waals surface area contributed by atoms with Crippen LogP contribution >= 0.6 is 11.3 Å². The maximum atomic E-state index is 11.8. The lowest BCUT2D eigenvalue weighted by atomic mass is 10.3. The number of carbonyl (C=O) groups is 2. The first-order valence-corrected chi connectivity index (χ1v) is 7.66. The van der Waals surface area contributed by atoms with Gasteiger partial charge in [-0.25, -0.2) is 4.98 Å². The highest BCUT2D eigenvalue weighted by molar-refractivity contribution is 7.22. The first kappa shape index (κ1) is 14.6. The maximum Gasteiger partial charge on any atom is 0.315 e. The predicted molar refractivity (Wildman–Crippen MR) is 82.5 cm³/mol. The number of thiazole rings is 1. The molecule has 0 fully saturated rings. The molecule has 2 amide bonds. The smallest absolute Gasteiger partial charge is 0.315 e. The van der Waals surface area contributed by atoms with Crippen molar-refractivity contribution < 1.29 is 19.1 Å². The van der Waals surface area contributed by atoms with E-state index >= 15 is 0 Å². The lowest BCUT2D eigenvalue weighted by Crippen LogP contribution is -2.39. The van der Waals surface area contributed by atoms with Crippen LogP contribution in [0.15, 0.2) is 12.1 Å². The number of hydrogen-bond donors (Lipinski definition) is 2. The number of rotatable bonds is 2. The predicted octanol–water partition coefficient (Wildman–Crippen LogP) is 1.53. The molecule has 116 valence electrons. The summed E-state index contributed by atoms with van der Waals surface area (Å²) in [5.74, 6) is -0.109. The summed E-state index contributed by atoms with van der Waals surface area (Å²) in [7, 11) is 0. The molecule has 0 saturated heterocycles. The Morgan fingerprint density at radius 2 is 1.86 bits per heavy atom. The number of amides is 2. The molecule has 1 aromatic heterocycles. The Balaban J connectivity index is 1.80. The quantitative estimate of drug-likeness (QED) is 0.819. The highest BCUT2D eigenvalue weighted by Crippen LogP contribution is 2.37. The minimum absolute atomic E-state index is 0.102. The molecule has 0 aliphatic carbocycles. The molecule has 0 radical (unpaired) electrons. The second-order valence-electron chi connectivity index (χ2n) is 5.06. The molecule has 7 nitrogen and oxygen atoms in total. The lowest BCUT2D eigenvalue weighted by Gasteiger charge is -2.17. The van der Waals surface area contributed by atoms with E-state index in [9.17, 15) is 9.59 Å². The van der Waals surface area contributed by atoms with Crippen LogP contribution in [0.25, 0.3) is 10.2 Å². The van der Waals surface area contributed by atoms with Crippen molar-refractivity contribution >= 4 is 38.5 Å². The Morgan fingerprint density at radius 3 is 2.55 bits per heavy atom. The molecule has 2 aromatic rings. The van der Waals surface area contributed by atoms with Crippen molar-refractivity contribution in [2.75, 3.05) is 18.5 Å². The number of nitrogens with one attached hydrogen (secondary N) is 2. The standard InChI is InChI=1S/C14H15N3O4S/c1-7(2)15-12(18)13(19)17-14-16-8-5-9-10(6-11(8)22-14)21-4-3-20-9/h5-7H,3-4H2,1-2H3,(H,15,18)(H,16,17,19). The number of ether oxygens (including phenoxy) is 2. The van der Waals surface area contributed by atoms with E-state index in [0.717, 1.165) is 4.70 Å². The van der Waals surface area contributed by atoms with Crippen LogP contribution in [0.2, 0.25) is 0 Å². The van der Waals surface area contributed by atoms with Crippen molar-refractivity contribution in [3.63, 3.8) is 0 Å². The average molecular weight is 321 g/mol. The molecular weight excluding hydrogens is 306 g/mol. The van der Waals surface area contributed by atoms with Gasteiger partial charge in [0.1, 0.15) is 13.2 Å². The van der Waals surface area contributed by atoms with Gasteiger partial charge < -0.3 is 14.8 Å². The Hall–Kier alpha value is -2.35. The van der Waals surface area contributed by atoms with Crippen molar-refractivity contribution in [2.45, 2.75) is 19.9 Å². The molecule has 0 spiro atoms. The molecule has 22 heavy (non-hydrogen) atoms. The number of aromatic nitrogens is 1. The summed E-state index contributed by atoms with van der Waals surface area (Å²) in [4.78, 5) is 27.7. The third-order valence-electron chi connectivity index (χ3n) is 2.90. The highest BCUT2D eigenvalue weighted by Gasteiger charge is 2.18. The number of fused-ring (bicyclic) bond motifs is 2. The van der Waals surface area contributed by atoms with Gasteiger partial charge in [0.25, 0.3) is 0 Å². The number of anilines is 1. The van der Waals surface area contributed by atoms with Crippen molar-refractivity contribution in [1.29, 1.82) is 0 Å². The van der Waals surface area contributed by atoms with Gasteiger partial charge in [-0.05, 0) is 13.8 Å². The fourth-order valence-electron chi connectivity index (χ4n) is 2.00. The van der Waals surface area contributed by atoms with Gasteiger partial charge in [-0.2, -0.15) is 0 Å². The highest BCUT2D eigenvalue weighted by atomic mass is 32.1. The summed E-state index contributed by atoms with van der Waals surface area (Å²) in [6.07, 6.45) is 0. The van der Waals surface area contributed by atoms with Crippen LogP contribution in [-0.4, -0.2) is 36.1 Å². The molecule has 0 unspecified atom stereocenters. The Kier molecular flexibility index (Phi) is 3.84. The largest absolute Gasteiger partial charge is 0.486 e. The molecule has 0 bridgehead atoms. The molecule has 3 rings (SSSR count). The third-order valence-corrected chi connectivity index (χ3v) is 3.83. The molecule has 2 heterocycles. The third kappa shape index (κ3) is 2.96. The minimum Gasteiger partial charge on any atom is -0.486 e. The zero-order valence-corrected chi connectivity index (χ0v) is 13.0. The summed E-state index contributed by atoms with van der Waals surface area (Å²) in [5.41, 5.74) is 0.689. The first-order chi connectivity index (χ1) is 10.5. The molecule has 0 atom stereocenters. The molecule has 1 aliphatic heterocycles. The zero-order valence-electron chi connectivity index (χ0n) is 12.1. The van der Waals surface area contributed by atoms with E-state index in [1.54, 1.807) is 19.9 Å². The van der Waals surface area contributed by atoms with Crippen LogP contribution in [0, 0.1) is 0 Å². The van der Waals surface area contributed by atoms with Crippen LogP contribution in [-0.2, 0) is 9.59 Å². The van der Waals surface area contributed by atoms with Crippen molar-refractivity contribution in [3.8, 4) is 11.5 Å². The van der Waals surface area contributed by atoms with E-state index < -0.39 is 11.8 Å². The second-order valence-corrected chi connectivity index (χ2v) is 6.10. The monoisotopic (exact) mass is 321 g/mol. The number of hydrogen-bond acceptors (Lipinski definition) is 6. The summed E-state index contributed by atoms with van der Waals surface area (Å²) in [6.45, 7) is 4.58. The van der Waals surface area contributed by atoms with Crippen molar-refractivity contribution in [1.82, 2.24) is 10.3 Å². The molecule has 2 N–H and O–H groups in total. The van der Waals surface area contributed by atoms with E-state index in [1.807, 2.05) is 6.07 Å². The second kappa shape index (κ2) is 5.80. The van der Waals surface area contributed by atoms with Gasteiger partial charge >= 0.3 is 11.8 Å². The van der Waals surface area contributed by atoms with Crippen LogP contribution in [0.5, 0.6) is 11.5 Å². The van der Waals surface area contributed by atoms with Crippen LogP contribution in [0.1, 0.15) is 13.8 Å². The molecular formula is C14H15N3O4S. The summed E-state index contributed by atoms with van der Waals surface area (Å²) >= 11 is 1.28. The fourth-order valence-corrected chi connectivity index (χ4v) is 2.87. The van der Waals surface area contributed by atoms with Crippen molar-refractivity contribution in [2.24, 2.45) is 0 Å². The Morgan fingerprint density at radius 1 is 1.18 bits per heavy atom. The van der Waals surface area contributed by atoms with E-state index in [-0.39, 0.29) is 6.04 Å². The van der Waals surface area contributed by atoms with Gasteiger partial charge in [0.05, 0.1) is 10.2 Å². The fraction of sp³-hybridized carbons (Fsp3) is 0.357. The van der Waals surface area contributed by atoms with Gasteiger partial charge in [-0.15, -0.1) is 0 Å². The van der Waals surface area contributed by atoms with Gasteiger partial charge in [0.2, 0.25) is 0 Å². The lowest BCUT2D eigenvalue weighted by molar-refractivity contribution is -0.136. The molecule has 1 aromatic carbocycles. The molecule has 1 aliphatic rings. The van der Waals surface area contributed by atoms with Gasteiger partial charge in [0, 0.05) is 18.2 Å². The van der Waals surface area contributed by atoms with E-state index in [0.29, 0.717) is 35.4 Å². The maximum absolute atomic E-state index is 11.8. The SMILES string of the molecule is CC(C)NC(=O)C(=O)Nc1nc2cc3c(cc2s1)OCCO3. The number of nitrogens with zero attached hydrogens (tertiary/aromatic N) is 1. The van der Waals surface area contributed by atoms with Crippen molar-refractivity contribution in [3.05, 3.63) is 12.1 Å². The first-order valence-electron chi connectivity index (χ1n) is 6.85. The number of benzene rings is 1. The van der Waals surface area contributed by atoms with Gasteiger partial charge in [-0.3, -0.25) is 14.9 Å². The molecule has 0 saturated carbocycles. The van der Waals surface area contributed by atoms with Crippen LogP contribution < -0.4 is 20.1 Å². The molecule has 8 heteroatoms. The van der Waals surface area contributed by atoms with Gasteiger partial charge in [0.15, 0.2) is 16.6 Å². The normalized spacial score (nSPS) is 13.2. The summed E-state index contributed by atoms with van der Waals surface area (Å²) in [6, 6.07) is 3.49. The van der Waals surface area contributed by atoms with Crippen LogP contribution in [0.4, 0.5) is 5.13 Å². The van der Waals surface area contributed by atoms with Crippen LogP contribution in [0.3, 0.4) is 0 Å². The summed E-state index contributed by atoms with van der Waals surface area (Å²) in [5, 5.41) is 5.39. The van der Waals surface area contributed by atoms with E-state index in [4.69, 9.17) is 9.47 Å². The number of carbonyl (C=O) groups excluding carboxylic acids is 2. The Bertz CT molecular complexity index is 698. The Labute approximate surface area is 130 Å². The summed E-state index contributed by atoms with van der Waals surface area (Å²) < 4.78 is 11.8. The van der Waals surface area contributed by atoms with E-state index in [2.05, 4.69) is 15.6 Å². The average Bonchev–Trinajstić information content (AvgIpc) is 2.84. The topological polar surface area (TPSA) is 89.6 Å².